The molecule has 1 amide bonds. The molecule has 1 aromatic carbocycles. The van der Waals surface area contributed by atoms with E-state index >= 15 is 0 Å². The molecule has 100 valence electrons. The fourth-order valence-electron chi connectivity index (χ4n) is 1.79. The number of hydrogen-bond donors (Lipinski definition) is 1. The summed E-state index contributed by atoms with van der Waals surface area (Å²) in [6.45, 7) is 7.36. The van der Waals surface area contributed by atoms with E-state index in [2.05, 4.69) is 36.4 Å². The van der Waals surface area contributed by atoms with Crippen molar-refractivity contribution in [3.8, 4) is 0 Å². The summed E-state index contributed by atoms with van der Waals surface area (Å²) < 4.78 is 0.987. The molecular weight excluding hydrogens is 339 g/mol. The topological polar surface area (TPSA) is 46.3 Å². The van der Waals surface area contributed by atoms with Crippen LogP contribution in [-0.4, -0.2) is 30.9 Å². The Bertz CT molecular complexity index is 443. The Morgan fingerprint density at radius 3 is 2.61 bits per heavy atom. The molecular formula is C14H21IN2O. The maximum Gasteiger partial charge on any atom is 0.254 e. The van der Waals surface area contributed by atoms with Gasteiger partial charge in [0.15, 0.2) is 0 Å². The molecule has 0 spiro atoms. The number of benzene rings is 1. The number of nitrogens with two attached hydrogens (primary N) is 1. The fraction of sp³-hybridized carbons (Fsp3) is 0.500. The molecule has 3 nitrogen and oxygen atoms in total. The maximum atomic E-state index is 12.4. The number of rotatable bonds is 4. The van der Waals surface area contributed by atoms with Crippen LogP contribution in [0, 0.1) is 15.9 Å². The third kappa shape index (κ3) is 3.95. The lowest BCUT2D eigenvalue weighted by atomic mass is 9.93. The van der Waals surface area contributed by atoms with Crippen molar-refractivity contribution in [1.29, 1.82) is 0 Å². The van der Waals surface area contributed by atoms with E-state index in [-0.39, 0.29) is 11.3 Å². The van der Waals surface area contributed by atoms with Crippen molar-refractivity contribution in [2.45, 2.75) is 20.8 Å². The van der Waals surface area contributed by atoms with E-state index in [1.54, 1.807) is 4.90 Å². The highest BCUT2D eigenvalue weighted by molar-refractivity contribution is 14.1. The van der Waals surface area contributed by atoms with Crippen LogP contribution in [0.1, 0.15) is 29.8 Å². The van der Waals surface area contributed by atoms with E-state index in [0.29, 0.717) is 13.1 Å². The van der Waals surface area contributed by atoms with Crippen molar-refractivity contribution >= 4 is 28.5 Å². The average Bonchev–Trinajstić information content (AvgIpc) is 2.31. The smallest absolute Gasteiger partial charge is 0.254 e. The lowest BCUT2D eigenvalue weighted by molar-refractivity contribution is 0.0739. The largest absolute Gasteiger partial charge is 0.341 e. The highest BCUT2D eigenvalue weighted by atomic mass is 127. The second-order valence-corrected chi connectivity index (χ2v) is 6.68. The molecule has 18 heavy (non-hydrogen) atoms. The Labute approximate surface area is 123 Å². The van der Waals surface area contributed by atoms with Gasteiger partial charge in [0.25, 0.3) is 5.91 Å². The third-order valence-electron chi connectivity index (χ3n) is 2.92. The number of nitrogens with zero attached hydrogens (tertiary/aromatic N) is 1. The summed E-state index contributed by atoms with van der Waals surface area (Å²) in [4.78, 5) is 14.1. The van der Waals surface area contributed by atoms with E-state index in [0.717, 1.165) is 14.7 Å². The van der Waals surface area contributed by atoms with Crippen LogP contribution < -0.4 is 5.73 Å². The van der Waals surface area contributed by atoms with Gasteiger partial charge in [-0.25, -0.2) is 0 Å². The van der Waals surface area contributed by atoms with Crippen molar-refractivity contribution in [3.05, 3.63) is 32.9 Å². The van der Waals surface area contributed by atoms with Crippen LogP contribution in [0.3, 0.4) is 0 Å². The van der Waals surface area contributed by atoms with Gasteiger partial charge in [-0.2, -0.15) is 0 Å². The maximum absolute atomic E-state index is 12.4. The van der Waals surface area contributed by atoms with Crippen LogP contribution in [0.4, 0.5) is 0 Å². The average molecular weight is 360 g/mol. The van der Waals surface area contributed by atoms with Crippen molar-refractivity contribution in [1.82, 2.24) is 4.90 Å². The highest BCUT2D eigenvalue weighted by Gasteiger charge is 2.22. The van der Waals surface area contributed by atoms with Crippen molar-refractivity contribution in [2.75, 3.05) is 20.1 Å². The summed E-state index contributed by atoms with van der Waals surface area (Å²) in [5.74, 6) is 0.0598. The first-order valence-electron chi connectivity index (χ1n) is 5.98. The number of halogens is 1. The standard InChI is InChI=1S/C14H21IN2O/c1-10-5-6-12(15)11(7-10)13(18)17(4)9-14(2,3)8-16/h5-7H,8-9,16H2,1-4H3. The van der Waals surface area contributed by atoms with Gasteiger partial charge in [0.2, 0.25) is 0 Å². The second-order valence-electron chi connectivity index (χ2n) is 5.51. The Hall–Kier alpha value is -0.620. The normalized spacial score (nSPS) is 11.4. The molecule has 1 aromatic rings. The van der Waals surface area contributed by atoms with E-state index in [4.69, 9.17) is 5.73 Å². The lowest BCUT2D eigenvalue weighted by Crippen LogP contribution is -2.40. The van der Waals surface area contributed by atoms with Gasteiger partial charge in [0.1, 0.15) is 0 Å². The van der Waals surface area contributed by atoms with Gasteiger partial charge in [0, 0.05) is 17.2 Å². The van der Waals surface area contributed by atoms with Crippen molar-refractivity contribution in [2.24, 2.45) is 11.1 Å². The molecule has 1 rings (SSSR count). The number of hydrogen-bond acceptors (Lipinski definition) is 2. The van der Waals surface area contributed by atoms with E-state index in [1.807, 2.05) is 32.2 Å². The first-order chi connectivity index (χ1) is 8.26. The fourth-order valence-corrected chi connectivity index (χ4v) is 2.35. The zero-order valence-corrected chi connectivity index (χ0v) is 13.6. The molecule has 2 N–H and O–H groups in total. The summed E-state index contributed by atoms with van der Waals surface area (Å²) >= 11 is 2.20. The van der Waals surface area contributed by atoms with Crippen LogP contribution >= 0.6 is 22.6 Å². The van der Waals surface area contributed by atoms with Crippen LogP contribution in [0.15, 0.2) is 18.2 Å². The zero-order valence-electron chi connectivity index (χ0n) is 11.5. The second kappa shape index (κ2) is 6.02. The van der Waals surface area contributed by atoms with Gasteiger partial charge >= 0.3 is 0 Å². The minimum Gasteiger partial charge on any atom is -0.341 e. The number of carbonyl (C=O) groups is 1. The molecule has 0 saturated heterocycles. The number of carbonyl (C=O) groups excluding carboxylic acids is 1. The van der Waals surface area contributed by atoms with E-state index < -0.39 is 0 Å². The van der Waals surface area contributed by atoms with Gasteiger partial charge in [-0.1, -0.05) is 25.5 Å². The Morgan fingerprint density at radius 2 is 2.06 bits per heavy atom. The van der Waals surface area contributed by atoms with Gasteiger partial charge < -0.3 is 10.6 Å². The minimum atomic E-state index is -0.0559. The molecule has 0 fully saturated rings. The van der Waals surface area contributed by atoms with E-state index in [1.165, 1.54) is 0 Å². The van der Waals surface area contributed by atoms with Crippen molar-refractivity contribution < 1.29 is 4.79 Å². The first-order valence-corrected chi connectivity index (χ1v) is 7.06. The van der Waals surface area contributed by atoms with Gasteiger partial charge in [0.05, 0.1) is 5.56 Å². The molecule has 0 aliphatic carbocycles. The molecule has 0 unspecified atom stereocenters. The van der Waals surface area contributed by atoms with Gasteiger partial charge in [-0.3, -0.25) is 4.79 Å². The van der Waals surface area contributed by atoms with Gasteiger partial charge in [-0.05, 0) is 53.6 Å². The Morgan fingerprint density at radius 1 is 1.44 bits per heavy atom. The SMILES string of the molecule is Cc1ccc(I)c(C(=O)N(C)CC(C)(C)CN)c1. The quantitative estimate of drug-likeness (QED) is 0.840. The highest BCUT2D eigenvalue weighted by Crippen LogP contribution is 2.19. The van der Waals surface area contributed by atoms with E-state index in [9.17, 15) is 4.79 Å². The van der Waals surface area contributed by atoms with Crippen LogP contribution in [0.5, 0.6) is 0 Å². The molecule has 0 saturated carbocycles. The summed E-state index contributed by atoms with van der Waals surface area (Å²) in [5.41, 5.74) is 7.52. The molecule has 4 heteroatoms. The van der Waals surface area contributed by atoms with Gasteiger partial charge in [-0.15, -0.1) is 0 Å². The first kappa shape index (κ1) is 15.4. The summed E-state index contributed by atoms with van der Waals surface area (Å²) in [6, 6.07) is 5.93. The summed E-state index contributed by atoms with van der Waals surface area (Å²) in [7, 11) is 1.83. The predicted octanol–water partition coefficient (Wildman–Crippen LogP) is 2.66. The minimum absolute atomic E-state index is 0.0559. The zero-order chi connectivity index (χ0) is 13.9. The summed E-state index contributed by atoms with van der Waals surface area (Å²) in [5, 5.41) is 0. The number of amides is 1. The van der Waals surface area contributed by atoms with Crippen molar-refractivity contribution in [3.63, 3.8) is 0 Å². The molecule has 0 heterocycles. The molecule has 0 aliphatic rings. The predicted molar refractivity (Wildman–Crippen MR) is 83.7 cm³/mol. The van der Waals surface area contributed by atoms with Crippen LogP contribution in [0.25, 0.3) is 0 Å². The number of aryl methyl sites for hydroxylation is 1. The van der Waals surface area contributed by atoms with Crippen LogP contribution in [-0.2, 0) is 0 Å². The molecule has 0 radical (unpaired) electrons. The molecule has 0 atom stereocenters. The summed E-state index contributed by atoms with van der Waals surface area (Å²) in [6.07, 6.45) is 0. The lowest BCUT2D eigenvalue weighted by Gasteiger charge is -2.29. The molecule has 0 aromatic heterocycles. The Balaban J connectivity index is 2.90. The Kier molecular flexibility index (Phi) is 5.16. The molecule has 0 bridgehead atoms. The van der Waals surface area contributed by atoms with Crippen LogP contribution in [0.2, 0.25) is 0 Å². The third-order valence-corrected chi connectivity index (χ3v) is 3.86. The molecule has 0 aliphatic heterocycles. The monoisotopic (exact) mass is 360 g/mol.